The second-order valence-corrected chi connectivity index (χ2v) is 4.99. The number of nitrogens with one attached hydrogen (secondary N) is 2. The van der Waals surface area contributed by atoms with Crippen molar-refractivity contribution in [2.45, 2.75) is 6.42 Å². The van der Waals surface area contributed by atoms with Gasteiger partial charge in [0.1, 0.15) is 0 Å². The van der Waals surface area contributed by atoms with Crippen molar-refractivity contribution in [3.8, 4) is 0 Å². The van der Waals surface area contributed by atoms with Crippen molar-refractivity contribution in [1.29, 1.82) is 0 Å². The highest BCUT2D eigenvalue weighted by Gasteiger charge is 2.19. The lowest BCUT2D eigenvalue weighted by Gasteiger charge is -2.20. The summed E-state index contributed by atoms with van der Waals surface area (Å²) < 4.78 is 0. The number of hydrogen-bond donors (Lipinski definition) is 3. The Hall–Kier alpha value is -2.28. The largest absolute Gasteiger partial charge is 0.478 e. The molecule has 0 bridgehead atoms. The van der Waals surface area contributed by atoms with Gasteiger partial charge in [-0.2, -0.15) is 0 Å². The lowest BCUT2D eigenvalue weighted by atomic mass is 10.2. The highest BCUT2D eigenvalue weighted by Crippen LogP contribution is 2.19. The van der Waals surface area contributed by atoms with Crippen molar-refractivity contribution in [3.63, 3.8) is 0 Å². The predicted molar refractivity (Wildman–Crippen MR) is 76.6 cm³/mol. The summed E-state index contributed by atoms with van der Waals surface area (Å²) in [6.07, 6.45) is 0.239. The summed E-state index contributed by atoms with van der Waals surface area (Å²) in [7, 11) is 0. The molecule has 3 N–H and O–H groups in total. The van der Waals surface area contributed by atoms with Gasteiger partial charge in [0.05, 0.1) is 5.56 Å². The molecule has 3 amide bonds. The van der Waals surface area contributed by atoms with E-state index in [2.05, 4.69) is 10.6 Å². The van der Waals surface area contributed by atoms with Gasteiger partial charge in [-0.25, -0.2) is 9.59 Å². The van der Waals surface area contributed by atoms with Gasteiger partial charge in [0.15, 0.2) is 0 Å². The van der Waals surface area contributed by atoms with Crippen LogP contribution in [0.5, 0.6) is 0 Å². The third-order valence-electron chi connectivity index (χ3n) is 3.00. The number of carbonyl (C=O) groups excluding carboxylic acids is 2. The van der Waals surface area contributed by atoms with Crippen LogP contribution in [0.2, 0.25) is 5.02 Å². The first-order valence-electron chi connectivity index (χ1n) is 6.32. The van der Waals surface area contributed by atoms with Crippen LogP contribution in [0.25, 0.3) is 0 Å². The van der Waals surface area contributed by atoms with E-state index in [-0.39, 0.29) is 22.9 Å². The summed E-state index contributed by atoms with van der Waals surface area (Å²) in [6, 6.07) is 3.69. The molecule has 1 aromatic carbocycles. The average molecular weight is 312 g/mol. The molecule has 1 aliphatic rings. The number of halogens is 1. The van der Waals surface area contributed by atoms with Crippen LogP contribution >= 0.6 is 11.6 Å². The normalized spacial score (nSPS) is 15.1. The average Bonchev–Trinajstić information content (AvgIpc) is 2.62. The van der Waals surface area contributed by atoms with Crippen LogP contribution in [-0.4, -0.2) is 47.5 Å². The molecule has 0 unspecified atom stereocenters. The van der Waals surface area contributed by atoms with E-state index < -0.39 is 12.0 Å². The van der Waals surface area contributed by atoms with Gasteiger partial charge in [-0.05, 0) is 18.2 Å². The van der Waals surface area contributed by atoms with Gasteiger partial charge in [0.25, 0.3) is 0 Å². The second-order valence-electron chi connectivity index (χ2n) is 4.55. The van der Waals surface area contributed by atoms with Crippen molar-refractivity contribution >= 4 is 35.2 Å². The standard InChI is InChI=1S/C13H14ClN3O4/c14-9-5-8(12(19)20)6-10(7-9)16-13(21)17-3-1-11(18)15-2-4-17/h5-7H,1-4H2,(H,15,18)(H,16,21)(H,19,20). The quantitative estimate of drug-likeness (QED) is 0.768. The number of aromatic carboxylic acids is 1. The maximum Gasteiger partial charge on any atom is 0.335 e. The molecule has 0 atom stereocenters. The lowest BCUT2D eigenvalue weighted by Crippen LogP contribution is -2.37. The molecule has 0 saturated carbocycles. The number of benzene rings is 1. The van der Waals surface area contributed by atoms with Gasteiger partial charge in [0, 0.05) is 36.8 Å². The Morgan fingerprint density at radius 3 is 2.76 bits per heavy atom. The Morgan fingerprint density at radius 1 is 1.29 bits per heavy atom. The number of urea groups is 1. The van der Waals surface area contributed by atoms with Crippen LogP contribution in [0, 0.1) is 0 Å². The Labute approximate surface area is 125 Å². The number of anilines is 1. The molecule has 1 saturated heterocycles. The predicted octanol–water partition coefficient (Wildman–Crippen LogP) is 1.39. The monoisotopic (exact) mass is 311 g/mol. The van der Waals surface area contributed by atoms with Crippen LogP contribution < -0.4 is 10.6 Å². The summed E-state index contributed by atoms with van der Waals surface area (Å²) in [4.78, 5) is 35.8. The molecule has 21 heavy (non-hydrogen) atoms. The van der Waals surface area contributed by atoms with E-state index in [9.17, 15) is 14.4 Å². The van der Waals surface area contributed by atoms with Crippen molar-refractivity contribution in [2.24, 2.45) is 0 Å². The third kappa shape index (κ3) is 4.09. The Kier molecular flexibility index (Phi) is 4.64. The first-order valence-corrected chi connectivity index (χ1v) is 6.70. The SMILES string of the molecule is O=C1CCN(C(=O)Nc2cc(Cl)cc(C(=O)O)c2)CCN1. The molecular formula is C13H14ClN3O4. The summed E-state index contributed by atoms with van der Waals surface area (Å²) in [5.74, 6) is -1.22. The summed E-state index contributed by atoms with van der Waals surface area (Å²) in [5, 5.41) is 14.4. The molecule has 2 rings (SSSR count). The van der Waals surface area contributed by atoms with E-state index in [4.69, 9.17) is 16.7 Å². The molecular weight excluding hydrogens is 298 g/mol. The highest BCUT2D eigenvalue weighted by molar-refractivity contribution is 6.31. The Balaban J connectivity index is 2.08. The lowest BCUT2D eigenvalue weighted by molar-refractivity contribution is -0.120. The molecule has 0 aromatic heterocycles. The summed E-state index contributed by atoms with van der Waals surface area (Å²) >= 11 is 5.83. The fourth-order valence-electron chi connectivity index (χ4n) is 1.96. The number of carboxylic acids is 1. The van der Waals surface area contributed by atoms with E-state index in [1.807, 2.05) is 0 Å². The molecule has 8 heteroatoms. The van der Waals surface area contributed by atoms with E-state index >= 15 is 0 Å². The van der Waals surface area contributed by atoms with Crippen molar-refractivity contribution in [3.05, 3.63) is 28.8 Å². The van der Waals surface area contributed by atoms with Crippen molar-refractivity contribution in [2.75, 3.05) is 25.0 Å². The van der Waals surface area contributed by atoms with Gasteiger partial charge in [0.2, 0.25) is 5.91 Å². The number of hydrogen-bond acceptors (Lipinski definition) is 3. The smallest absolute Gasteiger partial charge is 0.335 e. The molecule has 7 nitrogen and oxygen atoms in total. The highest BCUT2D eigenvalue weighted by atomic mass is 35.5. The Bertz CT molecular complexity index is 591. The Morgan fingerprint density at radius 2 is 2.05 bits per heavy atom. The maximum atomic E-state index is 12.1. The molecule has 1 aromatic rings. The zero-order valence-corrected chi connectivity index (χ0v) is 11.8. The van der Waals surface area contributed by atoms with E-state index in [1.54, 1.807) is 0 Å². The number of carboxylic acid groups (broad SMARTS) is 1. The van der Waals surface area contributed by atoms with Gasteiger partial charge in [-0.1, -0.05) is 11.6 Å². The van der Waals surface area contributed by atoms with Crippen LogP contribution in [0.15, 0.2) is 18.2 Å². The fraction of sp³-hybridized carbons (Fsp3) is 0.308. The summed E-state index contributed by atoms with van der Waals surface area (Å²) in [6.45, 7) is 1.09. The molecule has 1 aliphatic heterocycles. The molecule has 1 fully saturated rings. The fourth-order valence-corrected chi connectivity index (χ4v) is 2.19. The topological polar surface area (TPSA) is 98.7 Å². The molecule has 112 valence electrons. The first kappa shape index (κ1) is 15.1. The molecule has 0 aliphatic carbocycles. The van der Waals surface area contributed by atoms with Gasteiger partial charge >= 0.3 is 12.0 Å². The second kappa shape index (κ2) is 6.45. The van der Waals surface area contributed by atoms with Crippen molar-refractivity contribution < 1.29 is 19.5 Å². The number of nitrogens with zero attached hydrogens (tertiary/aromatic N) is 1. The minimum absolute atomic E-state index is 0.00879. The van der Waals surface area contributed by atoms with Crippen LogP contribution in [0.4, 0.5) is 10.5 Å². The molecule has 0 spiro atoms. The number of amides is 3. The third-order valence-corrected chi connectivity index (χ3v) is 3.21. The number of carbonyl (C=O) groups is 3. The van der Waals surface area contributed by atoms with Gasteiger partial charge in [-0.3, -0.25) is 4.79 Å². The van der Waals surface area contributed by atoms with E-state index in [0.717, 1.165) is 0 Å². The summed E-state index contributed by atoms with van der Waals surface area (Å²) in [5.41, 5.74) is 0.291. The minimum Gasteiger partial charge on any atom is -0.478 e. The van der Waals surface area contributed by atoms with E-state index in [0.29, 0.717) is 25.3 Å². The molecule has 1 heterocycles. The van der Waals surface area contributed by atoms with Gasteiger partial charge < -0.3 is 20.6 Å². The zero-order chi connectivity index (χ0) is 15.4. The van der Waals surface area contributed by atoms with Crippen molar-refractivity contribution in [1.82, 2.24) is 10.2 Å². The maximum absolute atomic E-state index is 12.1. The van der Waals surface area contributed by atoms with Crippen LogP contribution in [-0.2, 0) is 4.79 Å². The van der Waals surface area contributed by atoms with Crippen LogP contribution in [0.1, 0.15) is 16.8 Å². The number of rotatable bonds is 2. The first-order chi connectivity index (χ1) is 9.95. The molecule has 0 radical (unpaired) electrons. The van der Waals surface area contributed by atoms with Gasteiger partial charge in [-0.15, -0.1) is 0 Å². The minimum atomic E-state index is -1.13. The van der Waals surface area contributed by atoms with E-state index in [1.165, 1.54) is 23.1 Å². The van der Waals surface area contributed by atoms with Crippen LogP contribution in [0.3, 0.4) is 0 Å². The zero-order valence-electron chi connectivity index (χ0n) is 11.1.